The highest BCUT2D eigenvalue weighted by Gasteiger charge is 2.45. The second-order valence-corrected chi connectivity index (χ2v) is 22.4. The molecule has 2 unspecified atom stereocenters. The summed E-state index contributed by atoms with van der Waals surface area (Å²) >= 11 is 0. The van der Waals surface area contributed by atoms with Crippen LogP contribution >= 0.6 is 0 Å². The van der Waals surface area contributed by atoms with Gasteiger partial charge in [-0.1, -0.05) is 245 Å². The molecule has 2 amide bonds. The summed E-state index contributed by atoms with van der Waals surface area (Å²) in [5.74, 6) is -1.33. The maximum Gasteiger partial charge on any atom is 0.303 e. The second kappa shape index (κ2) is 51.5. The van der Waals surface area contributed by atoms with Crippen LogP contribution in [0.5, 0.6) is 0 Å². The third-order valence-corrected chi connectivity index (χ3v) is 15.2. The lowest BCUT2D eigenvalue weighted by atomic mass is 9.98. The standard InChI is InChI=1S/C61H118N2O12/c1-3-5-7-9-11-13-15-17-18-19-20-21-22-23-24-25-26-27-29-31-33-35-39-44-55(66)63-51(57(69)52(64)43-38-34-32-30-28-16-14-12-10-8-6-4-2)49-74-61-60(72)59(71)58(70)53(75-61)50-73-48-41-37-36-40-47-62-54(65)45-42-46-56(67)68/h51-53,57-61,64,69-72H,3-50H2,1-2H3,(H,62,65)(H,63,66)(H,67,68)/t51-,52?,53+,57?,58-,59-,60+,61-/m0/s1. The van der Waals surface area contributed by atoms with Crippen LogP contribution in [0.1, 0.15) is 296 Å². The Balaban J connectivity index is 2.47. The average molecular weight is 1070 g/mol. The minimum Gasteiger partial charge on any atom is -0.481 e. The Bertz CT molecular complexity index is 1300. The molecule has 1 heterocycles. The molecule has 0 aromatic carbocycles. The van der Waals surface area contributed by atoms with Crippen molar-refractivity contribution in [2.24, 2.45) is 0 Å². The van der Waals surface area contributed by atoms with Crippen LogP contribution in [0.3, 0.4) is 0 Å². The number of rotatable bonds is 56. The number of unbranched alkanes of at least 4 members (excludes halogenated alkanes) is 36. The molecule has 14 heteroatoms. The average Bonchev–Trinajstić information content (AvgIpc) is 3.39. The molecule has 0 radical (unpaired) electrons. The summed E-state index contributed by atoms with van der Waals surface area (Å²) in [6, 6.07) is -1.01. The minimum atomic E-state index is -1.61. The van der Waals surface area contributed by atoms with E-state index in [1.165, 1.54) is 173 Å². The lowest BCUT2D eigenvalue weighted by Gasteiger charge is -2.40. The van der Waals surface area contributed by atoms with Gasteiger partial charge in [0, 0.05) is 32.4 Å². The van der Waals surface area contributed by atoms with Gasteiger partial charge < -0.3 is 55.5 Å². The van der Waals surface area contributed by atoms with Gasteiger partial charge in [-0.2, -0.15) is 0 Å². The van der Waals surface area contributed by atoms with E-state index in [0.717, 1.165) is 64.2 Å². The van der Waals surface area contributed by atoms with Gasteiger partial charge in [0.05, 0.1) is 25.4 Å². The molecule has 1 rings (SSSR count). The summed E-state index contributed by atoms with van der Waals surface area (Å²) in [7, 11) is 0. The highest BCUT2D eigenvalue weighted by atomic mass is 16.7. The molecule has 14 nitrogen and oxygen atoms in total. The van der Waals surface area contributed by atoms with E-state index < -0.39 is 54.9 Å². The van der Waals surface area contributed by atoms with E-state index in [-0.39, 0.29) is 44.3 Å². The van der Waals surface area contributed by atoms with Gasteiger partial charge >= 0.3 is 5.97 Å². The summed E-state index contributed by atoms with van der Waals surface area (Å²) in [6.07, 6.45) is 38.9. The molecule has 1 aliphatic rings. The second-order valence-electron chi connectivity index (χ2n) is 22.4. The molecule has 1 saturated heterocycles. The maximum atomic E-state index is 13.3. The highest BCUT2D eigenvalue weighted by molar-refractivity contribution is 5.77. The fourth-order valence-corrected chi connectivity index (χ4v) is 10.2. The van der Waals surface area contributed by atoms with Crippen LogP contribution in [0.15, 0.2) is 0 Å². The summed E-state index contributed by atoms with van der Waals surface area (Å²) in [5, 5.41) is 69.3. The number of carboxylic acid groups (broad SMARTS) is 1. The zero-order valence-corrected chi connectivity index (χ0v) is 48.2. The number of hydrogen-bond acceptors (Lipinski definition) is 11. The Labute approximate surface area is 457 Å². The molecule has 8 atom stereocenters. The molecular formula is C61H118N2O12. The van der Waals surface area contributed by atoms with Crippen molar-refractivity contribution in [3.8, 4) is 0 Å². The Morgan fingerprint density at radius 2 is 0.893 bits per heavy atom. The fourth-order valence-electron chi connectivity index (χ4n) is 10.2. The van der Waals surface area contributed by atoms with Crippen molar-refractivity contribution in [3.05, 3.63) is 0 Å². The number of carboxylic acids is 1. The molecule has 0 saturated carbocycles. The van der Waals surface area contributed by atoms with E-state index in [0.29, 0.717) is 38.8 Å². The molecule has 75 heavy (non-hydrogen) atoms. The van der Waals surface area contributed by atoms with Gasteiger partial charge in [0.25, 0.3) is 0 Å². The molecule has 0 bridgehead atoms. The highest BCUT2D eigenvalue weighted by Crippen LogP contribution is 2.24. The molecule has 444 valence electrons. The zero-order chi connectivity index (χ0) is 54.8. The summed E-state index contributed by atoms with van der Waals surface area (Å²) in [6.45, 7) is 5.01. The van der Waals surface area contributed by atoms with Crippen molar-refractivity contribution in [1.29, 1.82) is 0 Å². The molecule has 0 aliphatic carbocycles. The molecule has 8 N–H and O–H groups in total. The van der Waals surface area contributed by atoms with Crippen LogP contribution in [-0.2, 0) is 28.6 Å². The fraction of sp³-hybridized carbons (Fsp3) is 0.951. The predicted molar refractivity (Wildman–Crippen MR) is 303 cm³/mol. The van der Waals surface area contributed by atoms with Gasteiger partial charge in [0.15, 0.2) is 6.29 Å². The maximum absolute atomic E-state index is 13.3. The van der Waals surface area contributed by atoms with Crippen molar-refractivity contribution in [1.82, 2.24) is 10.6 Å². The van der Waals surface area contributed by atoms with Gasteiger partial charge in [0.1, 0.15) is 30.5 Å². The van der Waals surface area contributed by atoms with E-state index >= 15 is 0 Å². The smallest absolute Gasteiger partial charge is 0.303 e. The summed E-state index contributed by atoms with van der Waals surface area (Å²) in [4.78, 5) is 35.8. The Kier molecular flexibility index (Phi) is 48.8. The molecule has 1 fully saturated rings. The van der Waals surface area contributed by atoms with E-state index in [4.69, 9.17) is 19.3 Å². The number of hydrogen-bond donors (Lipinski definition) is 8. The topological polar surface area (TPSA) is 224 Å². The quantitative estimate of drug-likeness (QED) is 0.0266. The number of ether oxygens (including phenoxy) is 3. The van der Waals surface area contributed by atoms with Crippen molar-refractivity contribution >= 4 is 17.8 Å². The van der Waals surface area contributed by atoms with Crippen LogP contribution in [0, 0.1) is 0 Å². The van der Waals surface area contributed by atoms with Crippen LogP contribution in [0.4, 0.5) is 0 Å². The van der Waals surface area contributed by atoms with E-state index in [1.54, 1.807) is 0 Å². The SMILES string of the molecule is CCCCCCCCCCCCCCCCCCCCCCCCCC(=O)N[C@@H](CO[C@H]1O[C@H](COCCCCCCNC(=O)CCCC(=O)O)[C@H](O)[C@H](O)[C@H]1O)C(O)C(O)CCCCCCCCCCCCCC. The first-order valence-corrected chi connectivity index (χ1v) is 31.5. The van der Waals surface area contributed by atoms with Crippen LogP contribution in [-0.4, -0.2) is 124 Å². The number of aliphatic hydroxyl groups excluding tert-OH is 5. The third-order valence-electron chi connectivity index (χ3n) is 15.2. The predicted octanol–water partition coefficient (Wildman–Crippen LogP) is 12.4. The Morgan fingerprint density at radius 1 is 0.480 bits per heavy atom. The van der Waals surface area contributed by atoms with Gasteiger partial charge in [-0.15, -0.1) is 0 Å². The Hall–Kier alpha value is -1.91. The van der Waals surface area contributed by atoms with Gasteiger partial charge in [-0.3, -0.25) is 14.4 Å². The molecule has 0 aromatic rings. The molecule has 0 aromatic heterocycles. The lowest BCUT2D eigenvalue weighted by Crippen LogP contribution is -2.60. The van der Waals surface area contributed by atoms with Gasteiger partial charge in [0.2, 0.25) is 11.8 Å². The number of amides is 2. The lowest BCUT2D eigenvalue weighted by molar-refractivity contribution is -0.304. The largest absolute Gasteiger partial charge is 0.481 e. The number of aliphatic carboxylic acids is 1. The van der Waals surface area contributed by atoms with E-state index in [1.807, 2.05) is 0 Å². The zero-order valence-electron chi connectivity index (χ0n) is 48.2. The molecular weight excluding hydrogens is 953 g/mol. The number of nitrogens with one attached hydrogen (secondary N) is 2. The van der Waals surface area contributed by atoms with Gasteiger partial charge in [-0.05, 0) is 32.1 Å². The number of carbonyl (C=O) groups is 3. The Morgan fingerprint density at radius 3 is 1.36 bits per heavy atom. The van der Waals surface area contributed by atoms with Crippen molar-refractivity contribution in [2.75, 3.05) is 26.4 Å². The monoisotopic (exact) mass is 1070 g/mol. The van der Waals surface area contributed by atoms with Crippen LogP contribution < -0.4 is 10.6 Å². The van der Waals surface area contributed by atoms with E-state index in [9.17, 15) is 39.9 Å². The molecule has 1 aliphatic heterocycles. The number of carbonyl (C=O) groups excluding carboxylic acids is 2. The van der Waals surface area contributed by atoms with Crippen molar-refractivity contribution in [3.63, 3.8) is 0 Å². The third kappa shape index (κ3) is 41.8. The summed E-state index contributed by atoms with van der Waals surface area (Å²) < 4.78 is 17.6. The van der Waals surface area contributed by atoms with Crippen molar-refractivity contribution in [2.45, 2.75) is 345 Å². The summed E-state index contributed by atoms with van der Waals surface area (Å²) in [5.41, 5.74) is 0. The molecule has 0 spiro atoms. The minimum absolute atomic E-state index is 0.0296. The van der Waals surface area contributed by atoms with Crippen LogP contribution in [0.2, 0.25) is 0 Å². The van der Waals surface area contributed by atoms with Crippen molar-refractivity contribution < 1.29 is 59.2 Å². The first-order chi connectivity index (χ1) is 36.5. The first kappa shape index (κ1) is 71.1. The normalized spacial score (nSPS) is 19.0. The van der Waals surface area contributed by atoms with E-state index in [2.05, 4.69) is 24.5 Å². The first-order valence-electron chi connectivity index (χ1n) is 31.5. The van der Waals surface area contributed by atoms with Gasteiger partial charge in [-0.25, -0.2) is 0 Å². The number of aliphatic hydroxyl groups is 5. The van der Waals surface area contributed by atoms with Crippen LogP contribution in [0.25, 0.3) is 0 Å².